The van der Waals surface area contributed by atoms with Gasteiger partial charge in [-0.1, -0.05) is 236 Å². The predicted molar refractivity (Wildman–Crippen MR) is 275 cm³/mol. The van der Waals surface area contributed by atoms with E-state index in [-0.39, 0.29) is 31.1 Å². The molecule has 0 spiro atoms. The number of allylic oxidation sites excluding steroid dienone is 8. The first-order valence-corrected chi connectivity index (χ1v) is 27.6. The summed E-state index contributed by atoms with van der Waals surface area (Å²) < 4.78 is 16.8. The largest absolute Gasteiger partial charge is 0.462 e. The molecule has 0 saturated carbocycles. The molecular formula is C58H104O6. The molecule has 0 amide bonds. The Morgan fingerprint density at radius 3 is 0.984 bits per heavy atom. The van der Waals surface area contributed by atoms with Crippen LogP contribution in [0.1, 0.15) is 284 Å². The van der Waals surface area contributed by atoms with Crippen molar-refractivity contribution in [1.29, 1.82) is 0 Å². The number of carbonyl (C=O) groups is 3. The molecule has 64 heavy (non-hydrogen) atoms. The van der Waals surface area contributed by atoms with Gasteiger partial charge in [0, 0.05) is 19.3 Å². The third-order valence-corrected chi connectivity index (χ3v) is 12.1. The highest BCUT2D eigenvalue weighted by molar-refractivity contribution is 5.71. The smallest absolute Gasteiger partial charge is 0.306 e. The summed E-state index contributed by atoms with van der Waals surface area (Å²) in [7, 11) is 0. The lowest BCUT2D eigenvalue weighted by molar-refractivity contribution is -0.167. The Morgan fingerprint density at radius 2 is 0.609 bits per heavy atom. The van der Waals surface area contributed by atoms with Crippen LogP contribution in [0.5, 0.6) is 0 Å². The minimum atomic E-state index is -0.781. The SMILES string of the molecule is CC/C=C/C/C=C/C/C=C/CCCCCCCC(=O)O[C@H](COC(=O)CCCCCCCCC/C=C/CCCCCC)COC(=O)CCCCCCCCCCCCCCCCCC. The number of ether oxygens (including phenoxy) is 3. The van der Waals surface area contributed by atoms with Crippen molar-refractivity contribution >= 4 is 17.9 Å². The zero-order chi connectivity index (χ0) is 46.5. The van der Waals surface area contributed by atoms with Crippen LogP contribution >= 0.6 is 0 Å². The minimum Gasteiger partial charge on any atom is -0.462 e. The quantitative estimate of drug-likeness (QED) is 0.0262. The first kappa shape index (κ1) is 61.4. The van der Waals surface area contributed by atoms with E-state index in [0.717, 1.165) is 96.3 Å². The molecular weight excluding hydrogens is 793 g/mol. The van der Waals surface area contributed by atoms with Crippen molar-refractivity contribution in [3.8, 4) is 0 Å². The van der Waals surface area contributed by atoms with E-state index >= 15 is 0 Å². The third kappa shape index (κ3) is 50.4. The fraction of sp³-hybridized carbons (Fsp3) is 0.810. The molecule has 0 aliphatic rings. The Labute approximate surface area is 397 Å². The highest BCUT2D eigenvalue weighted by Crippen LogP contribution is 2.16. The summed E-state index contributed by atoms with van der Waals surface area (Å²) in [6.07, 6.45) is 63.8. The number of rotatable bonds is 50. The van der Waals surface area contributed by atoms with Crippen molar-refractivity contribution in [2.75, 3.05) is 13.2 Å². The van der Waals surface area contributed by atoms with Gasteiger partial charge in [-0.25, -0.2) is 0 Å². The van der Waals surface area contributed by atoms with E-state index in [0.29, 0.717) is 19.3 Å². The second-order valence-electron chi connectivity index (χ2n) is 18.5. The van der Waals surface area contributed by atoms with E-state index in [4.69, 9.17) is 14.2 Å². The average Bonchev–Trinajstić information content (AvgIpc) is 3.29. The maximum atomic E-state index is 12.8. The van der Waals surface area contributed by atoms with Gasteiger partial charge in [0.25, 0.3) is 0 Å². The van der Waals surface area contributed by atoms with Crippen molar-refractivity contribution in [1.82, 2.24) is 0 Å². The first-order chi connectivity index (χ1) is 31.5. The molecule has 0 bridgehead atoms. The number of hydrogen-bond acceptors (Lipinski definition) is 6. The summed E-state index contributed by atoms with van der Waals surface area (Å²) in [5, 5.41) is 0. The topological polar surface area (TPSA) is 78.9 Å². The van der Waals surface area contributed by atoms with Crippen LogP contribution in [0.25, 0.3) is 0 Å². The summed E-state index contributed by atoms with van der Waals surface area (Å²) in [6.45, 7) is 6.53. The van der Waals surface area contributed by atoms with Gasteiger partial charge < -0.3 is 14.2 Å². The van der Waals surface area contributed by atoms with E-state index in [1.807, 2.05) is 0 Å². The number of carbonyl (C=O) groups excluding carboxylic acids is 3. The van der Waals surface area contributed by atoms with Crippen LogP contribution in [0, 0.1) is 0 Å². The molecule has 0 aliphatic carbocycles. The fourth-order valence-corrected chi connectivity index (χ4v) is 7.92. The van der Waals surface area contributed by atoms with Crippen LogP contribution in [0.4, 0.5) is 0 Å². The molecule has 0 unspecified atom stereocenters. The standard InChI is InChI=1S/C58H104O6/c1-4-7-10-13-16-19-22-25-28-31-33-36-39-42-45-48-51-57(60)63-54-55(64-58(61)52-49-46-43-40-37-34-30-27-24-21-18-15-12-9-6-3)53-62-56(59)50-47-44-41-38-35-32-29-26-23-20-17-14-11-8-5-2/h9,12,18,20-21,23,27,30,55H,4-8,10-11,13-17,19,22,24-26,28-29,31-54H2,1-3H3/b12-9+,21-18+,23-20+,30-27+/t55-/m1/s1. The Kier molecular flexibility index (Phi) is 50.8. The predicted octanol–water partition coefficient (Wildman–Crippen LogP) is 18.3. The molecule has 0 aromatic heterocycles. The van der Waals surface area contributed by atoms with E-state index in [1.165, 1.54) is 148 Å². The van der Waals surface area contributed by atoms with Gasteiger partial charge in [-0.2, -0.15) is 0 Å². The fourth-order valence-electron chi connectivity index (χ4n) is 7.92. The van der Waals surface area contributed by atoms with Crippen LogP contribution < -0.4 is 0 Å². The number of hydrogen-bond donors (Lipinski definition) is 0. The highest BCUT2D eigenvalue weighted by Gasteiger charge is 2.19. The number of esters is 3. The second-order valence-corrected chi connectivity index (χ2v) is 18.5. The lowest BCUT2D eigenvalue weighted by Gasteiger charge is -2.18. The first-order valence-electron chi connectivity index (χ1n) is 27.6. The molecule has 0 aromatic rings. The van der Waals surface area contributed by atoms with Gasteiger partial charge in [-0.05, 0) is 77.0 Å². The van der Waals surface area contributed by atoms with Gasteiger partial charge in [0.15, 0.2) is 6.10 Å². The minimum absolute atomic E-state index is 0.0787. The van der Waals surface area contributed by atoms with Crippen LogP contribution in [0.3, 0.4) is 0 Å². The summed E-state index contributed by atoms with van der Waals surface area (Å²) in [4.78, 5) is 38.1. The normalized spacial score (nSPS) is 12.4. The van der Waals surface area contributed by atoms with Crippen molar-refractivity contribution in [3.63, 3.8) is 0 Å². The Bertz CT molecular complexity index is 1120. The Balaban J connectivity index is 4.38. The Hall–Kier alpha value is -2.63. The van der Waals surface area contributed by atoms with Gasteiger partial charge in [-0.15, -0.1) is 0 Å². The lowest BCUT2D eigenvalue weighted by Crippen LogP contribution is -2.30. The Morgan fingerprint density at radius 1 is 0.328 bits per heavy atom. The van der Waals surface area contributed by atoms with Gasteiger partial charge >= 0.3 is 17.9 Å². The molecule has 0 aliphatic heterocycles. The summed E-state index contributed by atoms with van der Waals surface area (Å²) in [6, 6.07) is 0. The van der Waals surface area contributed by atoms with Crippen molar-refractivity contribution in [3.05, 3.63) is 48.6 Å². The van der Waals surface area contributed by atoms with Crippen molar-refractivity contribution in [2.45, 2.75) is 290 Å². The molecule has 0 fully saturated rings. The third-order valence-electron chi connectivity index (χ3n) is 12.1. The maximum absolute atomic E-state index is 12.8. The summed E-state index contributed by atoms with van der Waals surface area (Å²) in [5.74, 6) is -0.888. The average molecular weight is 897 g/mol. The molecule has 0 aromatic carbocycles. The summed E-state index contributed by atoms with van der Waals surface area (Å²) in [5.41, 5.74) is 0. The maximum Gasteiger partial charge on any atom is 0.306 e. The van der Waals surface area contributed by atoms with Crippen LogP contribution in [-0.2, 0) is 28.6 Å². The van der Waals surface area contributed by atoms with Crippen LogP contribution in [0.15, 0.2) is 48.6 Å². The number of unbranched alkanes of at least 4 members (excludes halogenated alkanes) is 31. The van der Waals surface area contributed by atoms with Crippen molar-refractivity contribution < 1.29 is 28.6 Å². The zero-order valence-electron chi connectivity index (χ0n) is 42.6. The molecule has 0 heterocycles. The molecule has 6 heteroatoms. The molecule has 0 radical (unpaired) electrons. The second kappa shape index (κ2) is 53.0. The molecule has 1 atom stereocenters. The van der Waals surface area contributed by atoms with E-state index in [9.17, 15) is 14.4 Å². The molecule has 0 rings (SSSR count). The highest BCUT2D eigenvalue weighted by atomic mass is 16.6. The molecule has 0 N–H and O–H groups in total. The monoisotopic (exact) mass is 897 g/mol. The van der Waals surface area contributed by atoms with E-state index < -0.39 is 6.10 Å². The molecule has 0 saturated heterocycles. The van der Waals surface area contributed by atoms with Gasteiger partial charge in [0.1, 0.15) is 13.2 Å². The van der Waals surface area contributed by atoms with E-state index in [1.54, 1.807) is 0 Å². The van der Waals surface area contributed by atoms with E-state index in [2.05, 4.69) is 69.4 Å². The van der Waals surface area contributed by atoms with Crippen molar-refractivity contribution in [2.24, 2.45) is 0 Å². The van der Waals surface area contributed by atoms with Gasteiger partial charge in [-0.3, -0.25) is 14.4 Å². The van der Waals surface area contributed by atoms with Crippen LogP contribution in [0.2, 0.25) is 0 Å². The lowest BCUT2D eigenvalue weighted by atomic mass is 10.0. The molecule has 372 valence electrons. The van der Waals surface area contributed by atoms with Crippen LogP contribution in [-0.4, -0.2) is 37.2 Å². The van der Waals surface area contributed by atoms with Gasteiger partial charge in [0.05, 0.1) is 0 Å². The zero-order valence-corrected chi connectivity index (χ0v) is 42.6. The summed E-state index contributed by atoms with van der Waals surface area (Å²) >= 11 is 0. The molecule has 6 nitrogen and oxygen atoms in total. The van der Waals surface area contributed by atoms with Gasteiger partial charge in [0.2, 0.25) is 0 Å².